The fraction of sp³-hybridized carbons (Fsp3) is 0.516. The number of carbonyl (C=O) groups is 1. The van der Waals surface area contributed by atoms with Crippen molar-refractivity contribution in [2.75, 3.05) is 30.3 Å². The Bertz CT molecular complexity index is 1400. The van der Waals surface area contributed by atoms with E-state index in [1.807, 2.05) is 12.2 Å². The molecule has 7 nitrogen and oxygen atoms in total. The van der Waals surface area contributed by atoms with Gasteiger partial charge in [0.05, 0.1) is 24.2 Å². The number of anilines is 1. The van der Waals surface area contributed by atoms with Crippen LogP contribution in [0.25, 0.3) is 0 Å². The molecule has 2 aromatic carbocycles. The highest BCUT2D eigenvalue weighted by molar-refractivity contribution is 7.90. The lowest BCUT2D eigenvalue weighted by molar-refractivity contribution is 0.0456. The van der Waals surface area contributed by atoms with Crippen molar-refractivity contribution in [2.45, 2.75) is 63.4 Å². The zero-order chi connectivity index (χ0) is 27.2. The van der Waals surface area contributed by atoms with E-state index in [9.17, 15) is 18.3 Å². The van der Waals surface area contributed by atoms with Crippen LogP contribution in [0.2, 0.25) is 0 Å². The summed E-state index contributed by atoms with van der Waals surface area (Å²) < 4.78 is 34.0. The summed E-state index contributed by atoms with van der Waals surface area (Å²) in [6.45, 7) is 4.17. The van der Waals surface area contributed by atoms with Crippen LogP contribution in [0.4, 0.5) is 5.69 Å². The Balaban J connectivity index is 1.42. The maximum Gasteiger partial charge on any atom is 0.264 e. The first kappa shape index (κ1) is 26.4. The van der Waals surface area contributed by atoms with Crippen LogP contribution in [-0.2, 0) is 21.9 Å². The number of carbonyl (C=O) groups excluding carboxylic acids is 1. The summed E-state index contributed by atoms with van der Waals surface area (Å²) >= 11 is 0. The second kappa shape index (κ2) is 10.3. The molecule has 2 aromatic rings. The Morgan fingerprint density at radius 2 is 2.00 bits per heavy atom. The quantitative estimate of drug-likeness (QED) is 0.476. The summed E-state index contributed by atoms with van der Waals surface area (Å²) in [6.07, 6.45) is 9.25. The molecule has 2 bridgehead atoms. The number of aryl methyl sites for hydroxylation is 2. The molecule has 1 saturated carbocycles. The number of hydrogen-bond acceptors (Lipinski definition) is 6. The number of allylic oxidation sites excluding steroid dienone is 1. The SMILES string of the molecule is Cc1ccc2c(c1)CCC[C@]21COc2ccc3cc2N(C[C@@H]2CC[C@H]2[C@@H](O)/C=C/CCCS(=O)(=O)NC3=O)C1. The number of fused-ring (bicyclic) bond motifs is 4. The van der Waals surface area contributed by atoms with Gasteiger partial charge in [0, 0.05) is 24.1 Å². The van der Waals surface area contributed by atoms with Crippen LogP contribution in [0.15, 0.2) is 48.6 Å². The second-order valence-corrected chi connectivity index (χ2v) is 13.8. The highest BCUT2D eigenvalue weighted by Crippen LogP contribution is 2.46. The first-order valence-corrected chi connectivity index (χ1v) is 15.9. The summed E-state index contributed by atoms with van der Waals surface area (Å²) in [6, 6.07) is 12.0. The van der Waals surface area contributed by atoms with Crippen LogP contribution in [-0.4, -0.2) is 51.0 Å². The third-order valence-electron chi connectivity index (χ3n) is 9.23. The second-order valence-electron chi connectivity index (χ2n) is 12.0. The van der Waals surface area contributed by atoms with Gasteiger partial charge in [-0.15, -0.1) is 0 Å². The molecule has 1 amide bonds. The van der Waals surface area contributed by atoms with Gasteiger partial charge in [-0.25, -0.2) is 13.1 Å². The van der Waals surface area contributed by atoms with Crippen LogP contribution in [0, 0.1) is 18.8 Å². The van der Waals surface area contributed by atoms with Crippen LogP contribution in [0.5, 0.6) is 5.75 Å². The number of sulfonamides is 1. The molecule has 4 atom stereocenters. The third kappa shape index (κ3) is 5.21. The lowest BCUT2D eigenvalue weighted by Gasteiger charge is -2.45. The van der Waals surface area contributed by atoms with Crippen molar-refractivity contribution in [2.24, 2.45) is 11.8 Å². The van der Waals surface area contributed by atoms with Crippen LogP contribution in [0.1, 0.15) is 65.6 Å². The zero-order valence-electron chi connectivity index (χ0n) is 22.6. The van der Waals surface area contributed by atoms with Crippen LogP contribution < -0.4 is 14.4 Å². The maximum atomic E-state index is 13.1. The average molecular weight is 551 g/mol. The van der Waals surface area contributed by atoms with Gasteiger partial charge in [-0.1, -0.05) is 35.9 Å². The van der Waals surface area contributed by atoms with E-state index in [2.05, 4.69) is 34.7 Å². The van der Waals surface area contributed by atoms with E-state index >= 15 is 0 Å². The van der Waals surface area contributed by atoms with Crippen molar-refractivity contribution < 1.29 is 23.1 Å². The number of nitrogens with one attached hydrogen (secondary N) is 1. The lowest BCUT2D eigenvalue weighted by atomic mass is 9.68. The van der Waals surface area contributed by atoms with E-state index in [4.69, 9.17) is 4.74 Å². The standard InChI is InChI=1S/C31H38N2O5S/c1-21-8-12-26-22(16-21)6-5-14-31(26)19-33-18-24-9-11-25(24)28(34)7-3-2-4-15-39(36,37)32-30(35)23-10-13-29(38-20-31)27(33)17-23/h3,7-8,10,12-13,16-17,24-25,28,34H,2,4-6,9,11,14-15,18-20H2,1H3,(H,32,35)/b7-3+/t24-,25+,28-,31-/m0/s1. The van der Waals surface area contributed by atoms with Gasteiger partial charge in [0.15, 0.2) is 0 Å². The van der Waals surface area contributed by atoms with Gasteiger partial charge < -0.3 is 14.7 Å². The van der Waals surface area contributed by atoms with Crippen molar-refractivity contribution in [3.05, 3.63) is 70.8 Å². The molecule has 0 radical (unpaired) electrons. The Morgan fingerprint density at radius 3 is 2.82 bits per heavy atom. The fourth-order valence-corrected chi connectivity index (χ4v) is 8.04. The molecule has 2 heterocycles. The molecule has 0 unspecified atom stereocenters. The molecule has 2 N–H and O–H groups in total. The Morgan fingerprint density at radius 1 is 1.13 bits per heavy atom. The average Bonchev–Trinajstić information content (AvgIpc) is 3.02. The van der Waals surface area contributed by atoms with Gasteiger partial charge in [0.2, 0.25) is 10.0 Å². The summed E-state index contributed by atoms with van der Waals surface area (Å²) in [4.78, 5) is 15.4. The normalized spacial score (nSPS) is 31.1. The van der Waals surface area contributed by atoms with E-state index in [0.29, 0.717) is 36.7 Å². The summed E-state index contributed by atoms with van der Waals surface area (Å²) in [7, 11) is -3.77. The van der Waals surface area contributed by atoms with Crippen molar-refractivity contribution in [3.8, 4) is 5.75 Å². The predicted molar refractivity (Wildman–Crippen MR) is 152 cm³/mol. The molecular weight excluding hydrogens is 512 g/mol. The van der Waals surface area contributed by atoms with E-state index in [1.54, 1.807) is 18.2 Å². The van der Waals surface area contributed by atoms with Gasteiger partial charge in [0.25, 0.3) is 5.91 Å². The van der Waals surface area contributed by atoms with Crippen molar-refractivity contribution in [1.29, 1.82) is 0 Å². The first-order chi connectivity index (χ1) is 18.7. The van der Waals surface area contributed by atoms with E-state index in [1.165, 1.54) is 16.7 Å². The number of aliphatic hydroxyl groups excluding tert-OH is 1. The Kier molecular flexibility index (Phi) is 6.96. The minimum Gasteiger partial charge on any atom is -0.490 e. The molecule has 208 valence electrons. The first-order valence-electron chi connectivity index (χ1n) is 14.2. The Hall–Kier alpha value is -2.84. The van der Waals surface area contributed by atoms with E-state index < -0.39 is 22.0 Å². The van der Waals surface area contributed by atoms with Crippen LogP contribution in [0.3, 0.4) is 0 Å². The molecule has 6 rings (SSSR count). The number of ether oxygens (including phenoxy) is 1. The molecule has 4 aliphatic rings. The number of benzene rings is 2. The minimum absolute atomic E-state index is 0.146. The predicted octanol–water partition coefficient (Wildman–Crippen LogP) is 4.26. The lowest BCUT2D eigenvalue weighted by Crippen LogP contribution is -2.49. The molecule has 2 aliphatic heterocycles. The number of hydrogen-bond donors (Lipinski definition) is 2. The molecular formula is C31H38N2O5S. The summed E-state index contributed by atoms with van der Waals surface area (Å²) in [5.74, 6) is 0.429. The van der Waals surface area contributed by atoms with Gasteiger partial charge in [-0.2, -0.15) is 0 Å². The molecule has 1 fully saturated rings. The zero-order valence-corrected chi connectivity index (χ0v) is 23.4. The van der Waals surface area contributed by atoms with Gasteiger partial charge in [-0.3, -0.25) is 4.79 Å². The number of nitrogens with zero attached hydrogens (tertiary/aromatic N) is 1. The van der Waals surface area contributed by atoms with Crippen molar-refractivity contribution in [1.82, 2.24) is 4.72 Å². The topological polar surface area (TPSA) is 95.9 Å². The van der Waals surface area contributed by atoms with Crippen molar-refractivity contribution in [3.63, 3.8) is 0 Å². The summed E-state index contributed by atoms with van der Waals surface area (Å²) in [5.41, 5.74) is 4.93. The van der Waals surface area contributed by atoms with Crippen LogP contribution >= 0.6 is 0 Å². The van der Waals surface area contributed by atoms with Crippen molar-refractivity contribution >= 4 is 21.6 Å². The minimum atomic E-state index is -3.77. The van der Waals surface area contributed by atoms with E-state index in [-0.39, 0.29) is 17.1 Å². The van der Waals surface area contributed by atoms with Gasteiger partial charge in [0.1, 0.15) is 5.75 Å². The van der Waals surface area contributed by atoms with Gasteiger partial charge in [-0.05, 0) is 93.0 Å². The molecule has 1 spiro atoms. The monoisotopic (exact) mass is 550 g/mol. The molecule has 8 heteroatoms. The third-order valence-corrected chi connectivity index (χ3v) is 10.6. The summed E-state index contributed by atoms with van der Waals surface area (Å²) in [5, 5.41) is 11.0. The van der Waals surface area contributed by atoms with E-state index in [0.717, 1.165) is 50.9 Å². The van der Waals surface area contributed by atoms with Gasteiger partial charge >= 0.3 is 0 Å². The number of aliphatic hydroxyl groups is 1. The molecule has 2 aliphatic carbocycles. The Labute approximate surface area is 231 Å². The number of amides is 1. The fourth-order valence-electron chi connectivity index (χ4n) is 6.99. The molecule has 0 aromatic heterocycles. The number of rotatable bonds is 0. The maximum absolute atomic E-state index is 13.1. The highest BCUT2D eigenvalue weighted by Gasteiger charge is 2.44. The largest absolute Gasteiger partial charge is 0.490 e. The molecule has 39 heavy (non-hydrogen) atoms. The smallest absolute Gasteiger partial charge is 0.264 e. The highest BCUT2D eigenvalue weighted by atomic mass is 32.2. The molecule has 0 saturated heterocycles.